The van der Waals surface area contributed by atoms with E-state index >= 15 is 0 Å². The van der Waals surface area contributed by atoms with Gasteiger partial charge in [-0.05, 0) is 43.5 Å². The van der Waals surface area contributed by atoms with Crippen LogP contribution >= 0.6 is 0 Å². The summed E-state index contributed by atoms with van der Waals surface area (Å²) in [6.07, 6.45) is 3.04. The van der Waals surface area contributed by atoms with Crippen molar-refractivity contribution in [1.82, 2.24) is 9.88 Å². The van der Waals surface area contributed by atoms with E-state index in [1.807, 2.05) is 54.3 Å². The van der Waals surface area contributed by atoms with Crippen LogP contribution in [0.3, 0.4) is 0 Å². The Morgan fingerprint density at radius 3 is 2.33 bits per heavy atom. The lowest BCUT2D eigenvalue weighted by Crippen LogP contribution is -2.52. The molecule has 1 saturated heterocycles. The Hall–Kier alpha value is -2.89. The predicted octanol–water partition coefficient (Wildman–Crippen LogP) is 2.46. The number of hydrogen-bond donors (Lipinski definition) is 1. The third-order valence-electron chi connectivity index (χ3n) is 5.53. The number of benzene rings is 1. The number of carbonyl (C=O) groups excluding carboxylic acids is 2. The topological polar surface area (TPSA) is 65.5 Å². The van der Waals surface area contributed by atoms with E-state index in [0.29, 0.717) is 25.9 Å². The summed E-state index contributed by atoms with van der Waals surface area (Å²) in [4.78, 5) is 34.3. The first kappa shape index (κ1) is 17.5. The van der Waals surface area contributed by atoms with Crippen LogP contribution < -0.4 is 10.2 Å². The van der Waals surface area contributed by atoms with Crippen molar-refractivity contribution in [2.24, 2.45) is 5.41 Å². The molecule has 0 spiro atoms. The van der Waals surface area contributed by atoms with Gasteiger partial charge in [0.05, 0.1) is 0 Å². The van der Waals surface area contributed by atoms with Crippen LogP contribution in [0, 0.1) is 12.3 Å². The van der Waals surface area contributed by atoms with Crippen LogP contribution in [0.15, 0.2) is 48.7 Å². The summed E-state index contributed by atoms with van der Waals surface area (Å²) < 4.78 is 0. The zero-order chi connectivity index (χ0) is 18.9. The van der Waals surface area contributed by atoms with E-state index in [9.17, 15) is 9.59 Å². The van der Waals surface area contributed by atoms with Crippen LogP contribution in [0.4, 0.5) is 11.5 Å². The number of nitrogens with zero attached hydrogens (tertiary/aromatic N) is 3. The lowest BCUT2D eigenvalue weighted by molar-refractivity contribution is -0.142. The molecule has 27 heavy (non-hydrogen) atoms. The second kappa shape index (κ2) is 7.02. The van der Waals surface area contributed by atoms with Crippen LogP contribution in [0.25, 0.3) is 0 Å². The fraction of sp³-hybridized carbons (Fsp3) is 0.381. The highest BCUT2D eigenvalue weighted by molar-refractivity contribution is 6.13. The molecule has 0 bridgehead atoms. The summed E-state index contributed by atoms with van der Waals surface area (Å²) >= 11 is 0. The summed E-state index contributed by atoms with van der Waals surface area (Å²) in [5.41, 5.74) is 0.898. The smallest absolute Gasteiger partial charge is 0.240 e. The first-order valence-corrected chi connectivity index (χ1v) is 9.43. The largest absolute Gasteiger partial charge is 0.353 e. The first-order chi connectivity index (χ1) is 13.1. The quantitative estimate of drug-likeness (QED) is 0.847. The minimum atomic E-state index is -0.880. The summed E-state index contributed by atoms with van der Waals surface area (Å²) in [5.74, 6) is 0.728. The number of para-hydroxylation sites is 1. The third kappa shape index (κ3) is 3.39. The van der Waals surface area contributed by atoms with E-state index < -0.39 is 5.41 Å². The fourth-order valence-electron chi connectivity index (χ4n) is 3.60. The molecule has 2 aliphatic rings. The average molecular weight is 364 g/mol. The van der Waals surface area contributed by atoms with E-state index in [0.717, 1.165) is 30.2 Å². The van der Waals surface area contributed by atoms with Crippen molar-refractivity contribution in [2.45, 2.75) is 19.8 Å². The molecule has 2 amide bonds. The van der Waals surface area contributed by atoms with Gasteiger partial charge in [-0.3, -0.25) is 9.59 Å². The molecule has 6 heteroatoms. The predicted molar refractivity (Wildman–Crippen MR) is 105 cm³/mol. The number of anilines is 2. The summed E-state index contributed by atoms with van der Waals surface area (Å²) in [5, 5.41) is 2.96. The van der Waals surface area contributed by atoms with Crippen LogP contribution in [0.1, 0.15) is 18.4 Å². The van der Waals surface area contributed by atoms with Gasteiger partial charge in [0, 0.05) is 38.1 Å². The number of aryl methyl sites for hydroxylation is 1. The Morgan fingerprint density at radius 2 is 1.70 bits per heavy atom. The van der Waals surface area contributed by atoms with Gasteiger partial charge >= 0.3 is 0 Å². The highest BCUT2D eigenvalue weighted by atomic mass is 16.2. The van der Waals surface area contributed by atoms with Crippen molar-refractivity contribution in [3.8, 4) is 0 Å². The van der Waals surface area contributed by atoms with Gasteiger partial charge in [0.15, 0.2) is 0 Å². The van der Waals surface area contributed by atoms with Crippen LogP contribution in [0.2, 0.25) is 0 Å². The molecule has 1 aromatic heterocycles. The Labute approximate surface area is 159 Å². The monoisotopic (exact) mass is 364 g/mol. The highest BCUT2D eigenvalue weighted by Crippen LogP contribution is 2.48. The van der Waals surface area contributed by atoms with Crippen molar-refractivity contribution in [3.63, 3.8) is 0 Å². The number of rotatable bonds is 4. The minimum Gasteiger partial charge on any atom is -0.353 e. The molecule has 0 radical (unpaired) electrons. The summed E-state index contributed by atoms with van der Waals surface area (Å²) in [6.45, 7) is 4.66. The summed E-state index contributed by atoms with van der Waals surface area (Å²) in [6, 6.07) is 13.5. The Bertz CT molecular complexity index is 840. The Balaban J connectivity index is 1.39. The fourth-order valence-corrected chi connectivity index (χ4v) is 3.60. The molecule has 2 heterocycles. The summed E-state index contributed by atoms with van der Waals surface area (Å²) in [7, 11) is 0. The third-order valence-corrected chi connectivity index (χ3v) is 5.53. The zero-order valence-corrected chi connectivity index (χ0v) is 15.5. The lowest BCUT2D eigenvalue weighted by Gasteiger charge is -2.36. The highest BCUT2D eigenvalue weighted by Gasteiger charge is 2.58. The second-order valence-electron chi connectivity index (χ2n) is 7.32. The Morgan fingerprint density at radius 1 is 1.00 bits per heavy atom. The van der Waals surface area contributed by atoms with Gasteiger partial charge in [0.25, 0.3) is 0 Å². The maximum atomic E-state index is 13.1. The molecule has 1 aliphatic carbocycles. The zero-order valence-electron chi connectivity index (χ0n) is 15.5. The molecule has 4 rings (SSSR count). The van der Waals surface area contributed by atoms with Crippen molar-refractivity contribution in [3.05, 3.63) is 54.2 Å². The molecule has 1 aliphatic heterocycles. The van der Waals surface area contributed by atoms with Gasteiger partial charge in [0.2, 0.25) is 11.8 Å². The van der Waals surface area contributed by atoms with Crippen molar-refractivity contribution in [1.29, 1.82) is 0 Å². The van der Waals surface area contributed by atoms with Crippen LogP contribution in [-0.2, 0) is 9.59 Å². The molecule has 6 nitrogen and oxygen atoms in total. The van der Waals surface area contributed by atoms with Gasteiger partial charge in [-0.2, -0.15) is 0 Å². The van der Waals surface area contributed by atoms with E-state index in [1.165, 1.54) is 0 Å². The maximum Gasteiger partial charge on any atom is 0.240 e. The van der Waals surface area contributed by atoms with Gasteiger partial charge in [-0.25, -0.2) is 4.98 Å². The van der Waals surface area contributed by atoms with E-state index in [-0.39, 0.29) is 11.8 Å². The second-order valence-corrected chi connectivity index (χ2v) is 7.32. The maximum absolute atomic E-state index is 13.1. The molecule has 140 valence electrons. The first-order valence-electron chi connectivity index (χ1n) is 9.43. The molecule has 0 atom stereocenters. The van der Waals surface area contributed by atoms with Gasteiger partial charge in [-0.1, -0.05) is 24.3 Å². The van der Waals surface area contributed by atoms with Crippen molar-refractivity contribution in [2.75, 3.05) is 36.4 Å². The number of carbonyl (C=O) groups is 2. The number of aromatic nitrogens is 1. The molecule has 0 unspecified atom stereocenters. The van der Waals surface area contributed by atoms with E-state index in [4.69, 9.17) is 0 Å². The number of hydrogen-bond acceptors (Lipinski definition) is 4. The molecule has 2 aromatic rings. The average Bonchev–Trinajstić information content (AvgIpc) is 3.52. The molecular weight excluding hydrogens is 340 g/mol. The number of amides is 2. The number of nitrogens with one attached hydrogen (secondary N) is 1. The van der Waals surface area contributed by atoms with Crippen molar-refractivity contribution >= 4 is 23.3 Å². The van der Waals surface area contributed by atoms with E-state index in [2.05, 4.69) is 15.2 Å². The van der Waals surface area contributed by atoms with Gasteiger partial charge in [0.1, 0.15) is 11.2 Å². The Kier molecular flexibility index (Phi) is 4.56. The van der Waals surface area contributed by atoms with Gasteiger partial charge < -0.3 is 15.1 Å². The van der Waals surface area contributed by atoms with Crippen LogP contribution in [0.5, 0.6) is 0 Å². The molecule has 2 fully saturated rings. The minimum absolute atomic E-state index is 0.0331. The normalized spacial score (nSPS) is 18.1. The number of piperazine rings is 1. The van der Waals surface area contributed by atoms with E-state index in [1.54, 1.807) is 6.20 Å². The SMILES string of the molecule is Cc1ccccc1NC(=O)C1(C(=O)N2CCN(c3ccccn3)CC2)CC1. The van der Waals surface area contributed by atoms with Crippen LogP contribution in [-0.4, -0.2) is 47.9 Å². The standard InChI is InChI=1S/C21H24N4O2/c1-16-6-2-3-7-17(16)23-19(26)21(9-10-21)20(27)25-14-12-24(13-15-25)18-8-4-5-11-22-18/h2-8,11H,9-10,12-15H2,1H3,(H,23,26). The lowest BCUT2D eigenvalue weighted by atomic mass is 10.0. The van der Waals surface area contributed by atoms with Gasteiger partial charge in [-0.15, -0.1) is 0 Å². The molecular formula is C21H24N4O2. The molecule has 1 N–H and O–H groups in total. The van der Waals surface area contributed by atoms with Crippen molar-refractivity contribution < 1.29 is 9.59 Å². The molecule has 1 aromatic carbocycles. The molecule has 1 saturated carbocycles. The number of pyridine rings is 1.